The van der Waals surface area contributed by atoms with E-state index in [1.807, 2.05) is 0 Å². The molecule has 0 spiro atoms. The van der Waals surface area contributed by atoms with Gasteiger partial charge in [-0.2, -0.15) is 0 Å². The topological polar surface area (TPSA) is 57.5 Å². The van der Waals surface area contributed by atoms with Crippen LogP contribution in [0.3, 0.4) is 0 Å². The predicted octanol–water partition coefficient (Wildman–Crippen LogP) is 2.14. The first kappa shape index (κ1) is 10.7. The highest BCUT2D eigenvalue weighted by atomic mass is 32.1. The standard InChI is InChI=1S/C10H10O3S/c1-6(9(14)10(12)13)7-3-2-4-8(11)5-7/h2-5,11,14H,1H3,(H,12,13)/b9-6+. The Bertz CT molecular complexity index is 396. The molecule has 0 radical (unpaired) electrons. The van der Waals surface area contributed by atoms with E-state index in [1.165, 1.54) is 12.1 Å². The molecule has 0 atom stereocenters. The van der Waals surface area contributed by atoms with E-state index in [0.717, 1.165) is 0 Å². The maximum Gasteiger partial charge on any atom is 0.342 e. The highest BCUT2D eigenvalue weighted by molar-refractivity contribution is 7.85. The summed E-state index contributed by atoms with van der Waals surface area (Å²) in [7, 11) is 0. The van der Waals surface area contributed by atoms with E-state index in [4.69, 9.17) is 5.11 Å². The van der Waals surface area contributed by atoms with Crippen LogP contribution < -0.4 is 0 Å². The predicted molar refractivity (Wildman–Crippen MR) is 57.3 cm³/mol. The molecule has 0 bridgehead atoms. The van der Waals surface area contributed by atoms with Crippen molar-refractivity contribution >= 4 is 24.2 Å². The summed E-state index contributed by atoms with van der Waals surface area (Å²) >= 11 is 3.86. The Labute approximate surface area is 87.1 Å². The molecule has 74 valence electrons. The molecule has 0 aromatic heterocycles. The first-order valence-electron chi connectivity index (χ1n) is 3.95. The highest BCUT2D eigenvalue weighted by Crippen LogP contribution is 2.23. The third-order valence-electron chi connectivity index (χ3n) is 1.84. The van der Waals surface area contributed by atoms with Crippen molar-refractivity contribution in [3.05, 3.63) is 34.7 Å². The number of allylic oxidation sites excluding steroid dienone is 1. The van der Waals surface area contributed by atoms with Crippen LogP contribution in [0, 0.1) is 0 Å². The number of phenols is 1. The molecule has 1 aromatic rings. The Balaban J connectivity index is 3.18. The molecule has 1 rings (SSSR count). The van der Waals surface area contributed by atoms with Crippen LogP contribution in [-0.4, -0.2) is 16.2 Å². The molecule has 0 saturated heterocycles. The van der Waals surface area contributed by atoms with Gasteiger partial charge in [-0.25, -0.2) is 4.79 Å². The molecule has 0 amide bonds. The number of carboxylic acids is 1. The number of carbonyl (C=O) groups is 1. The minimum Gasteiger partial charge on any atom is -0.508 e. The average molecular weight is 210 g/mol. The van der Waals surface area contributed by atoms with Crippen molar-refractivity contribution in [2.24, 2.45) is 0 Å². The molecule has 1 aromatic carbocycles. The lowest BCUT2D eigenvalue weighted by molar-refractivity contribution is -0.131. The minimum atomic E-state index is -1.07. The molecule has 0 fully saturated rings. The second kappa shape index (κ2) is 4.19. The smallest absolute Gasteiger partial charge is 0.342 e. The van der Waals surface area contributed by atoms with Crippen LogP contribution in [0.4, 0.5) is 0 Å². The number of benzene rings is 1. The Morgan fingerprint density at radius 1 is 1.43 bits per heavy atom. The van der Waals surface area contributed by atoms with Crippen molar-refractivity contribution in [1.29, 1.82) is 0 Å². The molecule has 0 aliphatic rings. The number of hydrogen-bond donors (Lipinski definition) is 3. The van der Waals surface area contributed by atoms with E-state index in [2.05, 4.69) is 12.6 Å². The number of hydrogen-bond acceptors (Lipinski definition) is 3. The normalized spacial score (nSPS) is 12.1. The van der Waals surface area contributed by atoms with Gasteiger partial charge in [-0.3, -0.25) is 0 Å². The zero-order valence-corrected chi connectivity index (χ0v) is 8.45. The van der Waals surface area contributed by atoms with Crippen LogP contribution in [0.25, 0.3) is 5.57 Å². The molecule has 4 heteroatoms. The maximum atomic E-state index is 10.6. The number of rotatable bonds is 2. The van der Waals surface area contributed by atoms with Crippen molar-refractivity contribution in [2.75, 3.05) is 0 Å². The summed E-state index contributed by atoms with van der Waals surface area (Å²) in [5.41, 5.74) is 1.18. The molecular formula is C10H10O3S. The summed E-state index contributed by atoms with van der Waals surface area (Å²) in [6.45, 7) is 1.64. The van der Waals surface area contributed by atoms with Crippen molar-refractivity contribution in [2.45, 2.75) is 6.92 Å². The summed E-state index contributed by atoms with van der Waals surface area (Å²) in [5, 5.41) is 17.9. The summed E-state index contributed by atoms with van der Waals surface area (Å²) in [4.78, 5) is 10.6. The molecular weight excluding hydrogens is 200 g/mol. The molecule has 0 heterocycles. The fraction of sp³-hybridized carbons (Fsp3) is 0.100. The van der Waals surface area contributed by atoms with Gasteiger partial charge in [-0.15, -0.1) is 12.6 Å². The second-order valence-electron chi connectivity index (χ2n) is 2.83. The van der Waals surface area contributed by atoms with E-state index in [1.54, 1.807) is 19.1 Å². The monoisotopic (exact) mass is 210 g/mol. The van der Waals surface area contributed by atoms with Crippen LogP contribution in [0.5, 0.6) is 5.75 Å². The minimum absolute atomic E-state index is 0.0180. The molecule has 0 unspecified atom stereocenters. The fourth-order valence-electron chi connectivity index (χ4n) is 1.04. The third-order valence-corrected chi connectivity index (χ3v) is 2.36. The Hall–Kier alpha value is -1.42. The van der Waals surface area contributed by atoms with Crippen LogP contribution >= 0.6 is 12.6 Å². The quantitative estimate of drug-likeness (QED) is 0.517. The van der Waals surface area contributed by atoms with Crippen molar-refractivity contribution in [3.8, 4) is 5.75 Å². The molecule has 14 heavy (non-hydrogen) atoms. The highest BCUT2D eigenvalue weighted by Gasteiger charge is 2.08. The Morgan fingerprint density at radius 3 is 2.57 bits per heavy atom. The first-order valence-corrected chi connectivity index (χ1v) is 4.39. The second-order valence-corrected chi connectivity index (χ2v) is 3.28. The molecule has 2 N–H and O–H groups in total. The number of aliphatic carboxylic acids is 1. The molecule has 0 aliphatic heterocycles. The number of carboxylic acid groups (broad SMARTS) is 1. The first-order chi connectivity index (χ1) is 6.52. The zero-order valence-electron chi connectivity index (χ0n) is 7.56. The zero-order chi connectivity index (χ0) is 10.7. The summed E-state index contributed by atoms with van der Waals surface area (Å²) < 4.78 is 0. The Kier molecular flexibility index (Phi) is 3.19. The van der Waals surface area contributed by atoms with E-state index in [9.17, 15) is 9.90 Å². The van der Waals surface area contributed by atoms with Crippen LogP contribution in [0.1, 0.15) is 12.5 Å². The lowest BCUT2D eigenvalue weighted by atomic mass is 10.1. The molecule has 0 saturated carbocycles. The van der Waals surface area contributed by atoms with E-state index in [0.29, 0.717) is 11.1 Å². The fourth-order valence-corrected chi connectivity index (χ4v) is 1.17. The molecule has 0 aliphatic carbocycles. The van der Waals surface area contributed by atoms with Gasteiger partial charge >= 0.3 is 5.97 Å². The number of aromatic hydroxyl groups is 1. The van der Waals surface area contributed by atoms with Gasteiger partial charge in [-0.1, -0.05) is 12.1 Å². The van der Waals surface area contributed by atoms with E-state index < -0.39 is 5.97 Å². The van der Waals surface area contributed by atoms with Gasteiger partial charge < -0.3 is 10.2 Å². The SMILES string of the molecule is C/C(=C(\S)C(=O)O)c1cccc(O)c1. The van der Waals surface area contributed by atoms with Gasteiger partial charge in [0.1, 0.15) is 5.75 Å². The molecule has 3 nitrogen and oxygen atoms in total. The summed E-state index contributed by atoms with van der Waals surface area (Å²) in [6.07, 6.45) is 0. The van der Waals surface area contributed by atoms with Crippen molar-refractivity contribution < 1.29 is 15.0 Å². The van der Waals surface area contributed by atoms with Gasteiger partial charge in [0.25, 0.3) is 0 Å². The number of phenolic OH excluding ortho intramolecular Hbond substituents is 1. The maximum absolute atomic E-state index is 10.6. The van der Waals surface area contributed by atoms with Gasteiger partial charge in [-0.05, 0) is 30.2 Å². The summed E-state index contributed by atoms with van der Waals surface area (Å²) in [6, 6.07) is 6.38. The van der Waals surface area contributed by atoms with Gasteiger partial charge in [0.15, 0.2) is 0 Å². The van der Waals surface area contributed by atoms with Crippen molar-refractivity contribution in [3.63, 3.8) is 0 Å². The average Bonchev–Trinajstić information content (AvgIpc) is 2.15. The number of thiol groups is 1. The van der Waals surface area contributed by atoms with Crippen LogP contribution in [0.2, 0.25) is 0 Å². The summed E-state index contributed by atoms with van der Waals surface area (Å²) in [5.74, 6) is -0.970. The Morgan fingerprint density at radius 2 is 2.07 bits per heavy atom. The van der Waals surface area contributed by atoms with E-state index >= 15 is 0 Å². The third kappa shape index (κ3) is 2.29. The lowest BCUT2D eigenvalue weighted by Crippen LogP contribution is -1.96. The van der Waals surface area contributed by atoms with Gasteiger partial charge in [0.05, 0.1) is 4.91 Å². The van der Waals surface area contributed by atoms with Crippen LogP contribution in [0.15, 0.2) is 29.2 Å². The van der Waals surface area contributed by atoms with Crippen LogP contribution in [-0.2, 0) is 4.79 Å². The lowest BCUT2D eigenvalue weighted by Gasteiger charge is -2.03. The van der Waals surface area contributed by atoms with Crippen molar-refractivity contribution in [1.82, 2.24) is 0 Å². The van der Waals surface area contributed by atoms with E-state index in [-0.39, 0.29) is 10.7 Å². The van der Waals surface area contributed by atoms with Gasteiger partial charge in [0, 0.05) is 0 Å². The van der Waals surface area contributed by atoms with Gasteiger partial charge in [0.2, 0.25) is 0 Å². The largest absolute Gasteiger partial charge is 0.508 e.